The second-order valence-electron chi connectivity index (χ2n) is 6.57. The zero-order chi connectivity index (χ0) is 19.1. The Labute approximate surface area is 159 Å². The third kappa shape index (κ3) is 3.00. The number of amides is 1. The van der Waals surface area contributed by atoms with E-state index in [0.29, 0.717) is 11.3 Å². The molecule has 1 fully saturated rings. The van der Waals surface area contributed by atoms with Crippen molar-refractivity contribution in [2.24, 2.45) is 0 Å². The molecule has 3 aromatic rings. The molecule has 2 aromatic heterocycles. The minimum Gasteiger partial charge on any atom is -0.480 e. The fourth-order valence-corrected chi connectivity index (χ4v) is 4.60. The van der Waals surface area contributed by atoms with Crippen LogP contribution in [0.4, 0.5) is 0 Å². The van der Waals surface area contributed by atoms with E-state index in [1.54, 1.807) is 0 Å². The Morgan fingerprint density at radius 3 is 2.70 bits per heavy atom. The first-order valence-corrected chi connectivity index (χ1v) is 9.42. The molecule has 0 bridgehead atoms. The topological polar surface area (TPSA) is 84.7 Å². The lowest BCUT2D eigenvalue weighted by molar-refractivity contribution is -0.141. The number of benzene rings is 1. The molecule has 1 saturated heterocycles. The summed E-state index contributed by atoms with van der Waals surface area (Å²) in [5.41, 5.74) is 1.75. The number of fused-ring (bicyclic) bond motifs is 1. The molecule has 2 atom stereocenters. The van der Waals surface area contributed by atoms with Gasteiger partial charge in [0.2, 0.25) is 0 Å². The van der Waals surface area contributed by atoms with Crippen molar-refractivity contribution < 1.29 is 19.4 Å². The fourth-order valence-electron chi connectivity index (χ4n) is 3.47. The third-order valence-corrected chi connectivity index (χ3v) is 6.00. The number of carboxylic acid groups (broad SMARTS) is 1. The van der Waals surface area contributed by atoms with Crippen LogP contribution in [0.25, 0.3) is 15.9 Å². The number of carbonyl (C=O) groups excluding carboxylic acids is 1. The van der Waals surface area contributed by atoms with Crippen molar-refractivity contribution in [2.45, 2.75) is 25.5 Å². The van der Waals surface area contributed by atoms with Gasteiger partial charge in [-0.15, -0.1) is 11.3 Å². The van der Waals surface area contributed by atoms with Crippen LogP contribution in [0.15, 0.2) is 36.4 Å². The van der Waals surface area contributed by atoms with E-state index in [4.69, 9.17) is 4.74 Å². The van der Waals surface area contributed by atoms with E-state index in [1.807, 2.05) is 48.0 Å². The van der Waals surface area contributed by atoms with Gasteiger partial charge >= 0.3 is 5.97 Å². The Bertz CT molecular complexity index is 1010. The highest BCUT2D eigenvalue weighted by molar-refractivity contribution is 7.20. The molecule has 1 aliphatic rings. The summed E-state index contributed by atoms with van der Waals surface area (Å²) in [6, 6.07) is 10.7. The average molecular weight is 385 g/mol. The van der Waals surface area contributed by atoms with Gasteiger partial charge in [-0.25, -0.2) is 9.48 Å². The second kappa shape index (κ2) is 6.79. The number of aromatic nitrogens is 2. The largest absolute Gasteiger partial charge is 0.480 e. The molecule has 4 rings (SSSR count). The van der Waals surface area contributed by atoms with Crippen LogP contribution in [0.2, 0.25) is 0 Å². The number of thiophene rings is 1. The summed E-state index contributed by atoms with van der Waals surface area (Å²) in [5, 5.41) is 14.9. The predicted molar refractivity (Wildman–Crippen MR) is 102 cm³/mol. The van der Waals surface area contributed by atoms with E-state index >= 15 is 0 Å². The molecule has 1 aromatic carbocycles. The van der Waals surface area contributed by atoms with Gasteiger partial charge in [-0.2, -0.15) is 5.10 Å². The summed E-state index contributed by atoms with van der Waals surface area (Å²) in [4.78, 5) is 27.4. The maximum absolute atomic E-state index is 13.0. The smallest absolute Gasteiger partial charge is 0.326 e. The molecule has 3 heterocycles. The number of carbonyl (C=O) groups is 2. The minimum atomic E-state index is -1.00. The number of carboxylic acids is 1. The monoisotopic (exact) mass is 385 g/mol. The summed E-state index contributed by atoms with van der Waals surface area (Å²) in [7, 11) is 1.54. The van der Waals surface area contributed by atoms with Gasteiger partial charge in [0, 0.05) is 25.5 Å². The van der Waals surface area contributed by atoms with E-state index in [-0.39, 0.29) is 18.6 Å². The lowest BCUT2D eigenvalue weighted by Crippen LogP contribution is -2.40. The standard InChI is InChI=1S/C19H19N3O4S/c1-11-14-9-16(17(23)21-10-13(26-2)8-15(21)19(24)25)27-18(14)22(20-11)12-6-4-3-5-7-12/h3-7,9,13,15H,8,10H2,1-2H3,(H,24,25). The lowest BCUT2D eigenvalue weighted by Gasteiger charge is -2.20. The van der Waals surface area contributed by atoms with Crippen molar-refractivity contribution in [3.05, 3.63) is 47.0 Å². The Morgan fingerprint density at radius 1 is 1.30 bits per heavy atom. The average Bonchev–Trinajstić information content (AvgIpc) is 3.36. The van der Waals surface area contributed by atoms with Crippen LogP contribution in [-0.2, 0) is 9.53 Å². The van der Waals surface area contributed by atoms with Crippen LogP contribution in [0.5, 0.6) is 0 Å². The van der Waals surface area contributed by atoms with Crippen LogP contribution >= 0.6 is 11.3 Å². The van der Waals surface area contributed by atoms with Crippen molar-refractivity contribution in [3.63, 3.8) is 0 Å². The molecule has 7 nitrogen and oxygen atoms in total. The summed E-state index contributed by atoms with van der Waals surface area (Å²) in [6.07, 6.45) is 0.0465. The van der Waals surface area contributed by atoms with Gasteiger partial charge in [0.15, 0.2) is 0 Å². The highest BCUT2D eigenvalue weighted by Crippen LogP contribution is 2.32. The molecule has 2 unspecified atom stereocenters. The molecule has 0 spiro atoms. The van der Waals surface area contributed by atoms with Crippen molar-refractivity contribution in [1.29, 1.82) is 0 Å². The number of likely N-dealkylation sites (tertiary alicyclic amines) is 1. The number of hydrogen-bond donors (Lipinski definition) is 1. The Balaban J connectivity index is 1.72. The highest BCUT2D eigenvalue weighted by Gasteiger charge is 2.40. The highest BCUT2D eigenvalue weighted by atomic mass is 32.1. The van der Waals surface area contributed by atoms with E-state index in [2.05, 4.69) is 5.10 Å². The van der Waals surface area contributed by atoms with E-state index in [0.717, 1.165) is 21.6 Å². The van der Waals surface area contributed by atoms with Crippen molar-refractivity contribution in [2.75, 3.05) is 13.7 Å². The van der Waals surface area contributed by atoms with Crippen molar-refractivity contribution in [1.82, 2.24) is 14.7 Å². The fraction of sp³-hybridized carbons (Fsp3) is 0.316. The van der Waals surface area contributed by atoms with Crippen LogP contribution < -0.4 is 0 Å². The van der Waals surface area contributed by atoms with Crippen LogP contribution in [0, 0.1) is 6.92 Å². The Kier molecular flexibility index (Phi) is 4.45. The van der Waals surface area contributed by atoms with E-state index < -0.39 is 12.0 Å². The second-order valence-corrected chi connectivity index (χ2v) is 7.60. The molecule has 0 aliphatic carbocycles. The van der Waals surface area contributed by atoms with Crippen molar-refractivity contribution >= 4 is 33.4 Å². The number of methoxy groups -OCH3 is 1. The molecular weight excluding hydrogens is 366 g/mol. The molecule has 1 N–H and O–H groups in total. The predicted octanol–water partition coefficient (Wildman–Crippen LogP) is 2.71. The minimum absolute atomic E-state index is 0.258. The van der Waals surface area contributed by atoms with Crippen LogP contribution in [0.1, 0.15) is 21.8 Å². The first-order valence-electron chi connectivity index (χ1n) is 8.60. The Hall–Kier alpha value is -2.71. The zero-order valence-electron chi connectivity index (χ0n) is 15.0. The molecule has 140 valence electrons. The zero-order valence-corrected chi connectivity index (χ0v) is 15.8. The normalized spacial score (nSPS) is 19.7. The number of aliphatic carboxylic acids is 1. The summed E-state index contributed by atoms with van der Waals surface area (Å²) in [5.74, 6) is -1.28. The quantitative estimate of drug-likeness (QED) is 0.746. The number of aryl methyl sites for hydroxylation is 1. The lowest BCUT2D eigenvalue weighted by atomic mass is 10.2. The van der Waals surface area contributed by atoms with Gasteiger partial charge in [-0.1, -0.05) is 18.2 Å². The van der Waals surface area contributed by atoms with Gasteiger partial charge < -0.3 is 14.7 Å². The number of ether oxygens (including phenoxy) is 1. The molecule has 8 heteroatoms. The molecular formula is C19H19N3O4S. The molecule has 1 amide bonds. The summed E-state index contributed by atoms with van der Waals surface area (Å²) >= 11 is 1.33. The maximum atomic E-state index is 13.0. The molecule has 1 aliphatic heterocycles. The van der Waals surface area contributed by atoms with Gasteiger partial charge in [0.25, 0.3) is 5.91 Å². The van der Waals surface area contributed by atoms with Gasteiger partial charge in [0.1, 0.15) is 10.9 Å². The third-order valence-electron chi connectivity index (χ3n) is 4.90. The number of rotatable bonds is 4. The summed E-state index contributed by atoms with van der Waals surface area (Å²) in [6.45, 7) is 2.18. The molecule has 27 heavy (non-hydrogen) atoms. The maximum Gasteiger partial charge on any atom is 0.326 e. The number of hydrogen-bond acceptors (Lipinski definition) is 5. The molecule has 0 radical (unpaired) electrons. The van der Waals surface area contributed by atoms with Gasteiger partial charge in [-0.3, -0.25) is 4.79 Å². The van der Waals surface area contributed by atoms with Crippen LogP contribution in [-0.4, -0.2) is 57.5 Å². The first-order chi connectivity index (χ1) is 13.0. The van der Waals surface area contributed by atoms with E-state index in [1.165, 1.54) is 23.3 Å². The number of para-hydroxylation sites is 1. The van der Waals surface area contributed by atoms with Gasteiger partial charge in [0.05, 0.1) is 22.4 Å². The van der Waals surface area contributed by atoms with Crippen LogP contribution in [0.3, 0.4) is 0 Å². The SMILES string of the molecule is COC1CC(C(=O)O)N(C(=O)c2cc3c(C)nn(-c4ccccc4)c3s2)C1. The van der Waals surface area contributed by atoms with Crippen molar-refractivity contribution in [3.8, 4) is 5.69 Å². The number of nitrogens with zero attached hydrogens (tertiary/aromatic N) is 3. The Morgan fingerprint density at radius 2 is 2.04 bits per heavy atom. The molecule has 0 saturated carbocycles. The van der Waals surface area contributed by atoms with Gasteiger partial charge in [-0.05, 0) is 25.1 Å². The summed E-state index contributed by atoms with van der Waals surface area (Å²) < 4.78 is 7.10. The first kappa shape index (κ1) is 17.7. The van der Waals surface area contributed by atoms with E-state index in [9.17, 15) is 14.7 Å².